The lowest BCUT2D eigenvalue weighted by molar-refractivity contribution is -0.123. The highest BCUT2D eigenvalue weighted by molar-refractivity contribution is 5.77. The Hall–Kier alpha value is -2.49. The second kappa shape index (κ2) is 9.51. The summed E-state index contributed by atoms with van der Waals surface area (Å²) in [6, 6.07) is 17.4. The van der Waals surface area contributed by atoms with Gasteiger partial charge in [0.05, 0.1) is 6.61 Å². The molecule has 0 saturated carbocycles. The summed E-state index contributed by atoms with van der Waals surface area (Å²) >= 11 is 0. The van der Waals surface area contributed by atoms with Gasteiger partial charge >= 0.3 is 0 Å². The van der Waals surface area contributed by atoms with Crippen LogP contribution in [0.25, 0.3) is 0 Å². The summed E-state index contributed by atoms with van der Waals surface area (Å²) in [5.41, 5.74) is 1.20. The maximum atomic E-state index is 11.8. The van der Waals surface area contributed by atoms with Gasteiger partial charge in [-0.05, 0) is 42.7 Å². The third kappa shape index (κ3) is 6.43. The number of carbonyl (C=O) groups excluding carboxylic acids is 1. The molecule has 2 rings (SSSR count). The Morgan fingerprint density at radius 1 is 0.957 bits per heavy atom. The molecule has 1 amide bonds. The number of amides is 1. The second-order valence-electron chi connectivity index (χ2n) is 5.19. The minimum atomic E-state index is -0.118. The van der Waals surface area contributed by atoms with Gasteiger partial charge in [0.2, 0.25) is 0 Å². The smallest absolute Gasteiger partial charge is 0.257 e. The van der Waals surface area contributed by atoms with Crippen molar-refractivity contribution in [2.75, 3.05) is 19.8 Å². The fraction of sp³-hybridized carbons (Fsp3) is 0.316. The fourth-order valence-corrected chi connectivity index (χ4v) is 2.04. The summed E-state index contributed by atoms with van der Waals surface area (Å²) in [4.78, 5) is 11.8. The first kappa shape index (κ1) is 16.9. The number of benzene rings is 2. The summed E-state index contributed by atoms with van der Waals surface area (Å²) in [7, 11) is 0. The van der Waals surface area contributed by atoms with E-state index in [1.54, 1.807) is 0 Å². The molecule has 0 aliphatic carbocycles. The fourth-order valence-electron chi connectivity index (χ4n) is 2.04. The van der Waals surface area contributed by atoms with Crippen molar-refractivity contribution in [3.05, 3.63) is 60.2 Å². The molecule has 0 unspecified atom stereocenters. The van der Waals surface area contributed by atoms with Crippen LogP contribution in [0.3, 0.4) is 0 Å². The van der Waals surface area contributed by atoms with E-state index in [1.165, 1.54) is 5.56 Å². The van der Waals surface area contributed by atoms with Gasteiger partial charge in [-0.1, -0.05) is 37.3 Å². The van der Waals surface area contributed by atoms with Crippen molar-refractivity contribution in [1.82, 2.24) is 5.32 Å². The van der Waals surface area contributed by atoms with E-state index >= 15 is 0 Å². The molecule has 0 fully saturated rings. The van der Waals surface area contributed by atoms with Crippen molar-refractivity contribution < 1.29 is 14.3 Å². The van der Waals surface area contributed by atoms with Gasteiger partial charge < -0.3 is 14.8 Å². The molecule has 0 aliphatic heterocycles. The molecule has 122 valence electrons. The van der Waals surface area contributed by atoms with Crippen LogP contribution in [0.2, 0.25) is 0 Å². The maximum absolute atomic E-state index is 11.8. The van der Waals surface area contributed by atoms with Crippen molar-refractivity contribution in [3.8, 4) is 11.5 Å². The molecule has 0 aromatic heterocycles. The van der Waals surface area contributed by atoms with Gasteiger partial charge in [0.25, 0.3) is 5.91 Å². The molecule has 0 bridgehead atoms. The van der Waals surface area contributed by atoms with E-state index in [2.05, 4.69) is 12.2 Å². The number of rotatable bonds is 9. The molecule has 0 radical (unpaired) electrons. The highest BCUT2D eigenvalue weighted by Gasteiger charge is 2.03. The van der Waals surface area contributed by atoms with Crippen molar-refractivity contribution in [3.63, 3.8) is 0 Å². The summed E-state index contributed by atoms with van der Waals surface area (Å²) in [6.07, 6.45) is 1.79. The lowest BCUT2D eigenvalue weighted by Crippen LogP contribution is -2.30. The topological polar surface area (TPSA) is 47.6 Å². The first-order valence-electron chi connectivity index (χ1n) is 7.94. The number of carbonyl (C=O) groups is 1. The number of nitrogens with one attached hydrogen (secondary N) is 1. The quantitative estimate of drug-likeness (QED) is 0.773. The molecule has 0 saturated heterocycles. The zero-order chi connectivity index (χ0) is 16.3. The van der Waals surface area contributed by atoms with Crippen LogP contribution in [0.1, 0.15) is 18.9 Å². The van der Waals surface area contributed by atoms with Gasteiger partial charge in [0.15, 0.2) is 6.61 Å². The van der Waals surface area contributed by atoms with Crippen LogP contribution in [0, 0.1) is 0 Å². The zero-order valence-electron chi connectivity index (χ0n) is 13.5. The monoisotopic (exact) mass is 313 g/mol. The van der Waals surface area contributed by atoms with Gasteiger partial charge in [-0.2, -0.15) is 0 Å². The van der Waals surface area contributed by atoms with Crippen molar-refractivity contribution in [1.29, 1.82) is 0 Å². The van der Waals surface area contributed by atoms with Crippen molar-refractivity contribution in [2.24, 2.45) is 0 Å². The molecular formula is C19H23NO3. The van der Waals surface area contributed by atoms with Crippen LogP contribution in [0.4, 0.5) is 0 Å². The average molecular weight is 313 g/mol. The largest absolute Gasteiger partial charge is 0.494 e. The molecule has 0 heterocycles. The number of ether oxygens (including phenoxy) is 2. The Kier molecular flexibility index (Phi) is 6.98. The molecule has 1 N–H and O–H groups in total. The first-order chi connectivity index (χ1) is 11.3. The van der Waals surface area contributed by atoms with Crippen molar-refractivity contribution in [2.45, 2.75) is 19.8 Å². The van der Waals surface area contributed by atoms with Crippen LogP contribution >= 0.6 is 0 Å². The first-order valence-corrected chi connectivity index (χ1v) is 7.94. The SMILES string of the molecule is CCCOc1ccc(OCC(=O)NCCc2ccccc2)cc1. The minimum absolute atomic E-state index is 0.0178. The molecule has 0 aliphatic rings. The Labute approximate surface area is 137 Å². The summed E-state index contributed by atoms with van der Waals surface area (Å²) in [5, 5.41) is 2.85. The third-order valence-corrected chi connectivity index (χ3v) is 3.25. The van der Waals surface area contributed by atoms with E-state index in [9.17, 15) is 4.79 Å². The summed E-state index contributed by atoms with van der Waals surface area (Å²) in [5.74, 6) is 1.35. The highest BCUT2D eigenvalue weighted by atomic mass is 16.5. The number of hydrogen-bond donors (Lipinski definition) is 1. The van der Waals surface area contributed by atoms with E-state index in [0.717, 1.165) is 18.6 Å². The Morgan fingerprint density at radius 3 is 2.26 bits per heavy atom. The molecule has 2 aromatic carbocycles. The number of hydrogen-bond acceptors (Lipinski definition) is 3. The highest BCUT2D eigenvalue weighted by Crippen LogP contribution is 2.17. The molecule has 0 spiro atoms. The van der Waals surface area contributed by atoms with E-state index in [1.807, 2.05) is 54.6 Å². The normalized spacial score (nSPS) is 10.1. The van der Waals surface area contributed by atoms with Gasteiger partial charge in [-0.25, -0.2) is 0 Å². The van der Waals surface area contributed by atoms with Gasteiger partial charge in [-0.3, -0.25) is 4.79 Å². The maximum Gasteiger partial charge on any atom is 0.257 e. The van der Waals surface area contributed by atoms with Crippen LogP contribution in [0.15, 0.2) is 54.6 Å². The Morgan fingerprint density at radius 2 is 1.61 bits per heavy atom. The Balaban J connectivity index is 1.65. The minimum Gasteiger partial charge on any atom is -0.494 e. The third-order valence-electron chi connectivity index (χ3n) is 3.25. The average Bonchev–Trinajstić information content (AvgIpc) is 2.60. The lowest BCUT2D eigenvalue weighted by atomic mass is 10.1. The molecule has 23 heavy (non-hydrogen) atoms. The zero-order valence-corrected chi connectivity index (χ0v) is 13.5. The summed E-state index contributed by atoms with van der Waals surface area (Å²) < 4.78 is 11.0. The van der Waals surface area contributed by atoms with Crippen molar-refractivity contribution >= 4 is 5.91 Å². The standard InChI is InChI=1S/C19H23NO3/c1-2-14-22-17-8-10-18(11-9-17)23-15-19(21)20-13-12-16-6-4-3-5-7-16/h3-11H,2,12-15H2,1H3,(H,20,21). The van der Waals surface area contributed by atoms with Gasteiger partial charge in [0, 0.05) is 6.54 Å². The van der Waals surface area contributed by atoms with Crippen LogP contribution in [0.5, 0.6) is 11.5 Å². The molecular weight excluding hydrogens is 290 g/mol. The van der Waals surface area contributed by atoms with Crippen LogP contribution < -0.4 is 14.8 Å². The predicted molar refractivity (Wildman–Crippen MR) is 90.9 cm³/mol. The van der Waals surface area contributed by atoms with Gasteiger partial charge in [0.1, 0.15) is 11.5 Å². The van der Waals surface area contributed by atoms with E-state index < -0.39 is 0 Å². The van der Waals surface area contributed by atoms with E-state index in [-0.39, 0.29) is 12.5 Å². The molecule has 4 heteroatoms. The molecule has 2 aromatic rings. The van der Waals surface area contributed by atoms with Crippen LogP contribution in [-0.2, 0) is 11.2 Å². The van der Waals surface area contributed by atoms with Crippen LogP contribution in [-0.4, -0.2) is 25.7 Å². The lowest BCUT2D eigenvalue weighted by Gasteiger charge is -2.09. The molecule has 0 atom stereocenters. The summed E-state index contributed by atoms with van der Waals surface area (Å²) in [6.45, 7) is 3.39. The predicted octanol–water partition coefficient (Wildman–Crippen LogP) is 3.21. The van der Waals surface area contributed by atoms with Gasteiger partial charge in [-0.15, -0.1) is 0 Å². The second-order valence-corrected chi connectivity index (χ2v) is 5.19. The molecule has 4 nitrogen and oxygen atoms in total. The van der Waals surface area contributed by atoms with E-state index in [4.69, 9.17) is 9.47 Å². The Bertz CT molecular complexity index is 581. The van der Waals surface area contributed by atoms with E-state index in [0.29, 0.717) is 18.9 Å².